The zero-order valence-corrected chi connectivity index (χ0v) is 20.2. The topological polar surface area (TPSA) is 50.2 Å². The van der Waals surface area contributed by atoms with Gasteiger partial charge in [0.15, 0.2) is 5.78 Å². The molecule has 1 radical (unpaired) electrons. The maximum atomic E-state index is 10.0. The maximum absolute atomic E-state index is 10.0. The fraction of sp³-hybridized carbons (Fsp3) is 0.0833. The molecule has 0 fully saturated rings. The molecule has 149 valence electrons. The molecule has 0 aliphatic carbocycles. The van der Waals surface area contributed by atoms with Crippen LogP contribution in [0.25, 0.3) is 30.9 Å². The summed E-state index contributed by atoms with van der Waals surface area (Å²) in [7, 11) is 0. The number of rotatable bonds is 3. The molecule has 0 saturated carbocycles. The number of ketones is 1. The molecular formula is C24H20IrNO2Se-. The number of allylic oxidation sites excluding steroid dienone is 2. The van der Waals surface area contributed by atoms with Crippen molar-refractivity contribution in [1.29, 1.82) is 0 Å². The Hall–Kier alpha value is -2.29. The van der Waals surface area contributed by atoms with Gasteiger partial charge in [-0.2, -0.15) is 0 Å². The van der Waals surface area contributed by atoms with Crippen LogP contribution in [0.4, 0.5) is 0 Å². The van der Waals surface area contributed by atoms with E-state index in [-0.39, 0.29) is 31.6 Å². The summed E-state index contributed by atoms with van der Waals surface area (Å²) in [6.45, 7) is 2.85. The summed E-state index contributed by atoms with van der Waals surface area (Å²) >= 11 is 0.350. The molecule has 0 spiro atoms. The molecule has 4 aromatic rings. The number of benzene rings is 2. The fourth-order valence-electron chi connectivity index (χ4n) is 2.68. The quantitative estimate of drug-likeness (QED) is 0.143. The van der Waals surface area contributed by atoms with E-state index in [9.17, 15) is 4.79 Å². The van der Waals surface area contributed by atoms with E-state index in [2.05, 4.69) is 59.6 Å². The van der Waals surface area contributed by atoms with Crippen molar-refractivity contribution < 1.29 is 30.0 Å². The van der Waals surface area contributed by atoms with Gasteiger partial charge in [0.25, 0.3) is 0 Å². The van der Waals surface area contributed by atoms with Crippen LogP contribution in [0.2, 0.25) is 0 Å². The molecule has 4 rings (SSSR count). The first-order chi connectivity index (χ1) is 13.5. The number of aliphatic hydroxyl groups excluding tert-OH is 1. The minimum atomic E-state index is -0.125. The van der Waals surface area contributed by atoms with Gasteiger partial charge >= 0.3 is 129 Å². The van der Waals surface area contributed by atoms with E-state index < -0.39 is 0 Å². The predicted molar refractivity (Wildman–Crippen MR) is 115 cm³/mol. The number of aliphatic hydroxyl groups is 1. The van der Waals surface area contributed by atoms with Crippen LogP contribution in [0.3, 0.4) is 0 Å². The molecule has 0 amide bonds. The van der Waals surface area contributed by atoms with Crippen LogP contribution in [0.5, 0.6) is 0 Å². The van der Waals surface area contributed by atoms with Gasteiger partial charge in [0.1, 0.15) is 0 Å². The van der Waals surface area contributed by atoms with Crippen LogP contribution in [0, 0.1) is 6.07 Å². The van der Waals surface area contributed by atoms with E-state index in [0.29, 0.717) is 14.5 Å². The minimum absolute atomic E-state index is 0. The third-order valence-corrected chi connectivity index (χ3v) is 6.24. The summed E-state index contributed by atoms with van der Waals surface area (Å²) in [5.41, 5.74) is 3.37. The molecule has 2 aromatic heterocycles. The van der Waals surface area contributed by atoms with Crippen LogP contribution in [-0.4, -0.2) is 30.4 Å². The van der Waals surface area contributed by atoms with Gasteiger partial charge in [-0.15, -0.1) is 0 Å². The van der Waals surface area contributed by atoms with Gasteiger partial charge in [-0.05, 0) is 13.8 Å². The average molecular weight is 626 g/mol. The van der Waals surface area contributed by atoms with Crippen LogP contribution in [0.1, 0.15) is 13.8 Å². The molecule has 3 nitrogen and oxygen atoms in total. The van der Waals surface area contributed by atoms with Crippen molar-refractivity contribution in [2.24, 2.45) is 0 Å². The third kappa shape index (κ3) is 6.62. The fourth-order valence-corrected chi connectivity index (χ4v) is 4.82. The van der Waals surface area contributed by atoms with Gasteiger partial charge in [0.2, 0.25) is 0 Å². The molecule has 0 bridgehead atoms. The Labute approximate surface area is 190 Å². The Balaban J connectivity index is 0.000000327. The number of hydrogen-bond acceptors (Lipinski definition) is 3. The van der Waals surface area contributed by atoms with Crippen LogP contribution >= 0.6 is 0 Å². The number of pyridine rings is 1. The van der Waals surface area contributed by atoms with Gasteiger partial charge in [0.05, 0.1) is 5.76 Å². The van der Waals surface area contributed by atoms with Crippen molar-refractivity contribution in [2.45, 2.75) is 13.8 Å². The van der Waals surface area contributed by atoms with E-state index in [1.807, 2.05) is 24.4 Å². The summed E-state index contributed by atoms with van der Waals surface area (Å²) in [5, 5.41) is 9.67. The Morgan fingerprint density at radius 2 is 1.79 bits per heavy atom. The van der Waals surface area contributed by atoms with E-state index >= 15 is 0 Å². The third-order valence-electron chi connectivity index (χ3n) is 3.86. The normalized spacial score (nSPS) is 10.6. The van der Waals surface area contributed by atoms with Crippen LogP contribution in [-0.2, 0) is 24.9 Å². The van der Waals surface area contributed by atoms with Crippen molar-refractivity contribution in [3.8, 4) is 21.3 Å². The summed E-state index contributed by atoms with van der Waals surface area (Å²) in [6, 6.07) is 26.3. The van der Waals surface area contributed by atoms with Gasteiger partial charge in [-0.25, -0.2) is 0 Å². The molecule has 29 heavy (non-hydrogen) atoms. The van der Waals surface area contributed by atoms with Crippen LogP contribution < -0.4 is 0 Å². The summed E-state index contributed by atoms with van der Waals surface area (Å²) < 4.78 is 2.79. The predicted octanol–water partition coefficient (Wildman–Crippen LogP) is 5.46. The van der Waals surface area contributed by atoms with Crippen molar-refractivity contribution >= 4 is 29.9 Å². The number of carbonyl (C=O) groups is 1. The monoisotopic (exact) mass is 627 g/mol. The van der Waals surface area contributed by atoms with Crippen LogP contribution in [0.15, 0.2) is 84.8 Å². The number of fused-ring (bicyclic) bond motifs is 1. The van der Waals surface area contributed by atoms with Crippen molar-refractivity contribution in [3.63, 3.8) is 0 Å². The second-order valence-corrected chi connectivity index (χ2v) is 8.53. The molecule has 2 aromatic carbocycles. The molecule has 0 saturated heterocycles. The molecule has 2 heterocycles. The number of nitrogens with zero attached hydrogens (tertiary/aromatic N) is 1. The molecule has 0 atom stereocenters. The van der Waals surface area contributed by atoms with E-state index in [4.69, 9.17) is 5.11 Å². The second kappa shape index (κ2) is 11.0. The van der Waals surface area contributed by atoms with Gasteiger partial charge in [0, 0.05) is 26.2 Å². The van der Waals surface area contributed by atoms with Gasteiger partial charge in [-0.3, -0.25) is 4.79 Å². The standard InChI is InChI=1S/C19H12NSe.C5H8O2.Ir/c1-3-7-14(8-4-1)17-11-16-12-18(21-19(16)13-20-17)15-9-5-2-6-10-15;1-4(6)3-5(2)7;/h1-7,9-13H;3,6H,1-2H3;/q-1;;/b;4-3-;. The average Bonchev–Trinajstić information content (AvgIpc) is 3.12. The Kier molecular flexibility index (Phi) is 8.75. The van der Waals surface area contributed by atoms with E-state index in [1.165, 1.54) is 39.6 Å². The number of hydrogen-bond donors (Lipinski definition) is 1. The molecule has 1 N–H and O–H groups in total. The molecular weight excluding hydrogens is 605 g/mol. The molecule has 0 unspecified atom stereocenters. The number of carbonyl (C=O) groups excluding carboxylic acids is 1. The summed E-state index contributed by atoms with van der Waals surface area (Å²) in [4.78, 5) is 14.6. The van der Waals surface area contributed by atoms with Gasteiger partial charge < -0.3 is 5.11 Å². The molecule has 0 aliphatic heterocycles. The van der Waals surface area contributed by atoms with E-state index in [0.717, 1.165) is 11.3 Å². The first-order valence-corrected chi connectivity index (χ1v) is 10.5. The van der Waals surface area contributed by atoms with E-state index in [1.54, 1.807) is 0 Å². The number of aromatic nitrogens is 1. The van der Waals surface area contributed by atoms with Crippen molar-refractivity contribution in [3.05, 3.63) is 90.8 Å². The van der Waals surface area contributed by atoms with Crippen molar-refractivity contribution in [1.82, 2.24) is 4.98 Å². The molecule has 5 heteroatoms. The second-order valence-electron chi connectivity index (χ2n) is 6.26. The zero-order valence-electron chi connectivity index (χ0n) is 16.0. The van der Waals surface area contributed by atoms with Crippen molar-refractivity contribution in [2.75, 3.05) is 0 Å². The Morgan fingerprint density at radius 3 is 2.38 bits per heavy atom. The first-order valence-electron chi connectivity index (χ1n) is 8.83. The first kappa shape index (κ1) is 23.0. The Bertz CT molecular complexity index is 1060. The zero-order chi connectivity index (χ0) is 19.9. The summed E-state index contributed by atoms with van der Waals surface area (Å²) in [5.74, 6) is -0.0625. The van der Waals surface area contributed by atoms with Gasteiger partial charge in [-0.1, -0.05) is 0 Å². The molecule has 0 aliphatic rings. The SMILES string of the molecule is CC(=O)/C=C(/C)O.[Ir].[c-]1ccccc1-c1cc2cc(-c3ccccc3)[se]c2cn1. The summed E-state index contributed by atoms with van der Waals surface area (Å²) in [6.07, 6.45) is 3.19. The Morgan fingerprint density at radius 1 is 1.07 bits per heavy atom.